The summed E-state index contributed by atoms with van der Waals surface area (Å²) in [7, 11) is 0. The van der Waals surface area contributed by atoms with Gasteiger partial charge in [0.2, 0.25) is 5.88 Å². The average molecular weight is 226 g/mol. The fourth-order valence-electron chi connectivity index (χ4n) is 1.03. The predicted molar refractivity (Wildman–Crippen MR) is 53.6 cm³/mol. The van der Waals surface area contributed by atoms with Crippen LogP contribution < -0.4 is 4.74 Å². The summed E-state index contributed by atoms with van der Waals surface area (Å²) in [4.78, 5) is 24.1. The van der Waals surface area contributed by atoms with Gasteiger partial charge in [-0.1, -0.05) is 6.92 Å². The van der Waals surface area contributed by atoms with E-state index in [9.17, 15) is 14.9 Å². The first-order chi connectivity index (χ1) is 7.56. The fraction of sp³-hybridized carbons (Fsp3) is 0.333. The minimum Gasteiger partial charge on any atom is -0.478 e. The van der Waals surface area contributed by atoms with Crippen LogP contribution in [-0.4, -0.2) is 27.6 Å². The third kappa shape index (κ3) is 2.66. The maximum Gasteiger partial charge on any atom is 0.342 e. The molecule has 7 heteroatoms. The summed E-state index contributed by atoms with van der Waals surface area (Å²) in [5.41, 5.74) is -0.970. The fourth-order valence-corrected chi connectivity index (χ4v) is 1.03. The van der Waals surface area contributed by atoms with Crippen molar-refractivity contribution in [3.05, 3.63) is 27.9 Å². The van der Waals surface area contributed by atoms with Crippen molar-refractivity contribution in [1.82, 2.24) is 4.98 Å². The Morgan fingerprint density at radius 3 is 2.88 bits per heavy atom. The Labute approximate surface area is 90.8 Å². The second-order valence-corrected chi connectivity index (χ2v) is 2.95. The molecule has 0 spiro atoms. The third-order valence-corrected chi connectivity index (χ3v) is 1.74. The highest BCUT2D eigenvalue weighted by molar-refractivity contribution is 5.92. The molecular formula is C9H10N2O5. The number of carboxylic acid groups (broad SMARTS) is 1. The van der Waals surface area contributed by atoms with E-state index in [0.717, 1.165) is 18.7 Å². The van der Waals surface area contributed by atoms with Crippen molar-refractivity contribution in [2.75, 3.05) is 6.61 Å². The van der Waals surface area contributed by atoms with E-state index in [1.807, 2.05) is 6.92 Å². The van der Waals surface area contributed by atoms with E-state index in [4.69, 9.17) is 9.84 Å². The van der Waals surface area contributed by atoms with Gasteiger partial charge in [-0.3, -0.25) is 10.1 Å². The molecule has 0 aliphatic carbocycles. The summed E-state index contributed by atoms with van der Waals surface area (Å²) in [6.45, 7) is 2.26. The second kappa shape index (κ2) is 5.06. The average Bonchev–Trinajstić information content (AvgIpc) is 2.25. The van der Waals surface area contributed by atoms with Crippen molar-refractivity contribution in [2.24, 2.45) is 0 Å². The molecule has 16 heavy (non-hydrogen) atoms. The summed E-state index contributed by atoms with van der Waals surface area (Å²) >= 11 is 0. The van der Waals surface area contributed by atoms with Gasteiger partial charge >= 0.3 is 11.7 Å². The van der Waals surface area contributed by atoms with Crippen molar-refractivity contribution in [3.63, 3.8) is 0 Å². The lowest BCUT2D eigenvalue weighted by Crippen LogP contribution is -2.05. The Kier molecular flexibility index (Phi) is 3.76. The van der Waals surface area contributed by atoms with Crippen LogP contribution in [0.15, 0.2) is 12.3 Å². The highest BCUT2D eigenvalue weighted by Gasteiger charge is 2.21. The minimum absolute atomic E-state index is 0.0739. The van der Waals surface area contributed by atoms with Gasteiger partial charge in [-0.2, -0.15) is 0 Å². The lowest BCUT2D eigenvalue weighted by molar-refractivity contribution is -0.385. The summed E-state index contributed by atoms with van der Waals surface area (Å²) in [5, 5.41) is 19.3. The third-order valence-electron chi connectivity index (χ3n) is 1.74. The number of hydrogen-bond acceptors (Lipinski definition) is 5. The van der Waals surface area contributed by atoms with Gasteiger partial charge in [-0.15, -0.1) is 0 Å². The van der Waals surface area contributed by atoms with Crippen molar-refractivity contribution in [2.45, 2.75) is 13.3 Å². The summed E-state index contributed by atoms with van der Waals surface area (Å²) < 4.78 is 5.08. The van der Waals surface area contributed by atoms with Crippen LogP contribution in [0, 0.1) is 10.1 Å². The number of aromatic nitrogens is 1. The van der Waals surface area contributed by atoms with E-state index in [-0.39, 0.29) is 5.88 Å². The van der Waals surface area contributed by atoms with Crippen molar-refractivity contribution in [1.29, 1.82) is 0 Å². The highest BCUT2D eigenvalue weighted by atomic mass is 16.6. The number of rotatable bonds is 5. The first-order valence-corrected chi connectivity index (χ1v) is 4.56. The molecule has 0 saturated carbocycles. The van der Waals surface area contributed by atoms with Crippen LogP contribution in [0.3, 0.4) is 0 Å². The zero-order chi connectivity index (χ0) is 12.1. The number of pyridine rings is 1. The summed E-state index contributed by atoms with van der Waals surface area (Å²) in [5.74, 6) is -1.31. The molecule has 0 fully saturated rings. The smallest absolute Gasteiger partial charge is 0.342 e. The molecule has 1 aromatic heterocycles. The molecule has 0 aromatic carbocycles. The highest BCUT2D eigenvalue weighted by Crippen LogP contribution is 2.21. The van der Waals surface area contributed by atoms with E-state index in [0.29, 0.717) is 6.61 Å². The molecule has 1 rings (SSSR count). The maximum absolute atomic E-state index is 10.8. The number of hydrogen-bond donors (Lipinski definition) is 1. The minimum atomic E-state index is -1.38. The number of nitro groups is 1. The molecule has 7 nitrogen and oxygen atoms in total. The maximum atomic E-state index is 10.8. The molecule has 0 aliphatic rings. The van der Waals surface area contributed by atoms with Crippen LogP contribution in [0.25, 0.3) is 0 Å². The number of nitrogens with zero attached hydrogens (tertiary/aromatic N) is 2. The Morgan fingerprint density at radius 1 is 1.69 bits per heavy atom. The van der Waals surface area contributed by atoms with E-state index < -0.39 is 22.1 Å². The molecule has 0 unspecified atom stereocenters. The molecule has 1 N–H and O–H groups in total. The van der Waals surface area contributed by atoms with Gasteiger partial charge in [0.1, 0.15) is 11.8 Å². The first-order valence-electron chi connectivity index (χ1n) is 4.56. The van der Waals surface area contributed by atoms with E-state index >= 15 is 0 Å². The molecule has 1 heterocycles. The van der Waals surface area contributed by atoms with Crippen LogP contribution in [0.5, 0.6) is 5.88 Å². The van der Waals surface area contributed by atoms with Gasteiger partial charge in [0.15, 0.2) is 0 Å². The number of carbonyl (C=O) groups is 1. The lowest BCUT2D eigenvalue weighted by Gasteiger charge is -2.04. The number of carboxylic acids is 1. The first kappa shape index (κ1) is 11.9. The van der Waals surface area contributed by atoms with Gasteiger partial charge in [-0.25, -0.2) is 9.78 Å². The molecule has 0 bridgehead atoms. The van der Waals surface area contributed by atoms with E-state index in [1.165, 1.54) is 0 Å². The Bertz CT molecular complexity index is 418. The normalized spacial score (nSPS) is 9.81. The largest absolute Gasteiger partial charge is 0.478 e. The number of ether oxygens (including phenoxy) is 1. The molecule has 0 radical (unpaired) electrons. The Morgan fingerprint density at radius 2 is 2.38 bits per heavy atom. The Balaban J connectivity index is 3.07. The second-order valence-electron chi connectivity index (χ2n) is 2.95. The van der Waals surface area contributed by atoms with Crippen molar-refractivity contribution >= 4 is 11.7 Å². The van der Waals surface area contributed by atoms with Gasteiger partial charge < -0.3 is 9.84 Å². The van der Waals surface area contributed by atoms with Crippen molar-refractivity contribution in [3.8, 4) is 5.88 Å². The molecular weight excluding hydrogens is 216 g/mol. The van der Waals surface area contributed by atoms with Crippen LogP contribution in [-0.2, 0) is 0 Å². The van der Waals surface area contributed by atoms with Gasteiger partial charge in [0.05, 0.1) is 11.5 Å². The number of aromatic carboxylic acids is 1. The molecule has 0 amide bonds. The monoisotopic (exact) mass is 226 g/mol. The molecule has 0 saturated heterocycles. The standard InChI is InChI=1S/C9H10N2O5/c1-2-3-16-8-4-6(9(12)13)7(5-10-8)11(14)15/h4-5H,2-3H2,1H3,(H,12,13). The van der Waals surface area contributed by atoms with Crippen LogP contribution in [0.1, 0.15) is 23.7 Å². The predicted octanol–water partition coefficient (Wildman–Crippen LogP) is 1.48. The zero-order valence-corrected chi connectivity index (χ0v) is 8.54. The SMILES string of the molecule is CCCOc1cc(C(=O)O)c([N+](=O)[O-])cn1. The van der Waals surface area contributed by atoms with Gasteiger partial charge in [-0.05, 0) is 6.42 Å². The molecule has 1 aromatic rings. The molecule has 86 valence electrons. The topological polar surface area (TPSA) is 103 Å². The van der Waals surface area contributed by atoms with Crippen LogP contribution in [0.4, 0.5) is 5.69 Å². The van der Waals surface area contributed by atoms with Crippen molar-refractivity contribution < 1.29 is 19.6 Å². The van der Waals surface area contributed by atoms with Gasteiger partial charge in [0.25, 0.3) is 0 Å². The van der Waals surface area contributed by atoms with E-state index in [1.54, 1.807) is 0 Å². The summed E-state index contributed by atoms with van der Waals surface area (Å²) in [6.07, 6.45) is 1.62. The van der Waals surface area contributed by atoms with Crippen LogP contribution in [0.2, 0.25) is 0 Å². The summed E-state index contributed by atoms with van der Waals surface area (Å²) in [6, 6.07) is 1.05. The van der Waals surface area contributed by atoms with Gasteiger partial charge in [0, 0.05) is 6.07 Å². The Hall–Kier alpha value is -2.18. The van der Waals surface area contributed by atoms with Crippen LogP contribution >= 0.6 is 0 Å². The lowest BCUT2D eigenvalue weighted by atomic mass is 10.2. The molecule has 0 atom stereocenters. The van der Waals surface area contributed by atoms with E-state index in [2.05, 4.69) is 4.98 Å². The quantitative estimate of drug-likeness (QED) is 0.602. The zero-order valence-electron chi connectivity index (χ0n) is 8.54. The molecule has 0 aliphatic heterocycles.